The summed E-state index contributed by atoms with van der Waals surface area (Å²) in [4.78, 5) is 50.3. The monoisotopic (exact) mass is 488 g/mol. The highest BCUT2D eigenvalue weighted by atomic mass is 35.5. The average Bonchev–Trinajstić information content (AvgIpc) is 2.85. The van der Waals surface area contributed by atoms with Crippen molar-refractivity contribution in [2.75, 3.05) is 44.2 Å². The van der Waals surface area contributed by atoms with E-state index in [1.54, 1.807) is 41.3 Å². The van der Waals surface area contributed by atoms with E-state index in [1.807, 2.05) is 4.90 Å². The Hall–Kier alpha value is -3.66. The molecular formula is C23H25ClN4O6. The fourth-order valence-electron chi connectivity index (χ4n) is 3.44. The van der Waals surface area contributed by atoms with Crippen molar-refractivity contribution in [3.63, 3.8) is 0 Å². The fraction of sp³-hybridized carbons (Fsp3) is 0.348. The molecule has 1 aliphatic rings. The van der Waals surface area contributed by atoms with Gasteiger partial charge in [0, 0.05) is 67.6 Å². The second-order valence-electron chi connectivity index (χ2n) is 7.67. The van der Waals surface area contributed by atoms with Crippen LogP contribution in [0.4, 0.5) is 11.4 Å². The molecule has 1 N–H and O–H groups in total. The molecule has 1 heterocycles. The van der Waals surface area contributed by atoms with Crippen LogP contribution in [0.25, 0.3) is 0 Å². The van der Waals surface area contributed by atoms with E-state index in [2.05, 4.69) is 5.32 Å². The molecule has 0 radical (unpaired) electrons. The number of anilines is 1. The van der Waals surface area contributed by atoms with E-state index in [0.29, 0.717) is 49.7 Å². The zero-order valence-electron chi connectivity index (χ0n) is 18.4. The van der Waals surface area contributed by atoms with Gasteiger partial charge in [0.2, 0.25) is 0 Å². The fourth-order valence-corrected chi connectivity index (χ4v) is 3.57. The highest BCUT2D eigenvalue weighted by molar-refractivity contribution is 6.30. The minimum atomic E-state index is -0.501. The Labute approximate surface area is 201 Å². The van der Waals surface area contributed by atoms with Crippen LogP contribution < -0.4 is 10.2 Å². The van der Waals surface area contributed by atoms with Gasteiger partial charge in [-0.05, 0) is 42.8 Å². The first-order valence-corrected chi connectivity index (χ1v) is 11.2. The highest BCUT2D eigenvalue weighted by Crippen LogP contribution is 2.20. The van der Waals surface area contributed by atoms with E-state index >= 15 is 0 Å². The summed E-state index contributed by atoms with van der Waals surface area (Å²) in [6.45, 7) is 2.05. The molecule has 2 aromatic rings. The lowest BCUT2D eigenvalue weighted by Gasteiger charge is -2.36. The number of nitrogens with one attached hydrogen (secondary N) is 1. The summed E-state index contributed by atoms with van der Waals surface area (Å²) in [5.41, 5.74) is 1.36. The van der Waals surface area contributed by atoms with Gasteiger partial charge in [-0.2, -0.15) is 0 Å². The number of nitro benzene ring substituents is 1. The lowest BCUT2D eigenvalue weighted by Crippen LogP contribution is -2.49. The van der Waals surface area contributed by atoms with Gasteiger partial charge in [0.1, 0.15) is 0 Å². The van der Waals surface area contributed by atoms with Gasteiger partial charge in [0.05, 0.1) is 4.92 Å². The van der Waals surface area contributed by atoms with Crippen molar-refractivity contribution >= 4 is 40.8 Å². The van der Waals surface area contributed by atoms with Gasteiger partial charge in [-0.15, -0.1) is 0 Å². The average molecular weight is 489 g/mol. The van der Waals surface area contributed by atoms with Gasteiger partial charge in [-0.3, -0.25) is 24.5 Å². The third-order valence-corrected chi connectivity index (χ3v) is 5.62. The first kappa shape index (κ1) is 25.0. The van der Waals surface area contributed by atoms with Crippen LogP contribution >= 0.6 is 11.6 Å². The molecule has 2 aromatic carbocycles. The molecule has 11 heteroatoms. The topological polar surface area (TPSA) is 122 Å². The molecule has 0 atom stereocenters. The van der Waals surface area contributed by atoms with E-state index in [0.717, 1.165) is 5.69 Å². The van der Waals surface area contributed by atoms with E-state index in [4.69, 9.17) is 16.3 Å². The maximum absolute atomic E-state index is 12.4. The van der Waals surface area contributed by atoms with Crippen molar-refractivity contribution in [3.05, 3.63) is 69.2 Å². The number of rotatable bonds is 9. The Bertz CT molecular complexity index is 1020. The van der Waals surface area contributed by atoms with Crippen LogP contribution in [0.3, 0.4) is 0 Å². The summed E-state index contributed by atoms with van der Waals surface area (Å²) < 4.78 is 5.07. The molecule has 1 saturated heterocycles. The summed E-state index contributed by atoms with van der Waals surface area (Å²) in [7, 11) is 0. The van der Waals surface area contributed by atoms with Crippen molar-refractivity contribution in [2.24, 2.45) is 0 Å². The number of esters is 1. The molecule has 180 valence electrons. The van der Waals surface area contributed by atoms with Crippen molar-refractivity contribution in [1.29, 1.82) is 0 Å². The molecule has 0 saturated carbocycles. The first-order chi connectivity index (χ1) is 16.3. The Kier molecular flexibility index (Phi) is 8.80. The summed E-state index contributed by atoms with van der Waals surface area (Å²) in [5, 5.41) is 14.0. The summed E-state index contributed by atoms with van der Waals surface area (Å²) in [6.07, 6.45) is 0.475. The number of nitrogens with zero attached hydrogens (tertiary/aromatic N) is 3. The standard InChI is InChI=1S/C23H25ClN4O6/c24-18-5-3-17(4-6-18)23(31)25-11-1-2-22(30)34-16-21(29)27-14-12-26(13-15-27)19-7-9-20(10-8-19)28(32)33/h3-10H,1-2,11-16H2,(H,25,31). The number of halogens is 1. The minimum absolute atomic E-state index is 0.0308. The van der Waals surface area contributed by atoms with Gasteiger partial charge in [-0.25, -0.2) is 0 Å². The summed E-state index contributed by atoms with van der Waals surface area (Å²) in [6, 6.07) is 12.8. The molecule has 1 fully saturated rings. The molecule has 1 aliphatic heterocycles. The van der Waals surface area contributed by atoms with Gasteiger partial charge in [-0.1, -0.05) is 11.6 Å². The SMILES string of the molecule is O=C(CCCNC(=O)c1ccc(Cl)cc1)OCC(=O)N1CCN(c2ccc([N+](=O)[O-])cc2)CC1. The van der Waals surface area contributed by atoms with Crippen LogP contribution in [0.5, 0.6) is 0 Å². The van der Waals surface area contributed by atoms with Gasteiger partial charge in [0.15, 0.2) is 6.61 Å². The third kappa shape index (κ3) is 7.17. The van der Waals surface area contributed by atoms with Crippen LogP contribution in [0.1, 0.15) is 23.2 Å². The van der Waals surface area contributed by atoms with Crippen molar-refractivity contribution in [2.45, 2.75) is 12.8 Å². The van der Waals surface area contributed by atoms with Gasteiger partial charge >= 0.3 is 5.97 Å². The number of nitro groups is 1. The zero-order chi connectivity index (χ0) is 24.5. The molecular weight excluding hydrogens is 464 g/mol. The van der Waals surface area contributed by atoms with Crippen molar-refractivity contribution in [3.8, 4) is 0 Å². The third-order valence-electron chi connectivity index (χ3n) is 5.36. The maximum atomic E-state index is 12.4. The molecule has 0 spiro atoms. The largest absolute Gasteiger partial charge is 0.456 e. The highest BCUT2D eigenvalue weighted by Gasteiger charge is 2.22. The lowest BCUT2D eigenvalue weighted by molar-refractivity contribution is -0.384. The predicted octanol–water partition coefficient (Wildman–Crippen LogP) is 2.65. The van der Waals surface area contributed by atoms with Gasteiger partial charge in [0.25, 0.3) is 17.5 Å². The summed E-state index contributed by atoms with van der Waals surface area (Å²) >= 11 is 5.79. The molecule has 3 rings (SSSR count). The number of hydrogen-bond donors (Lipinski definition) is 1. The Balaban J connectivity index is 1.31. The van der Waals surface area contributed by atoms with E-state index in [1.165, 1.54) is 12.1 Å². The Morgan fingerprint density at radius 3 is 2.26 bits per heavy atom. The number of carbonyl (C=O) groups excluding carboxylic acids is 3. The number of amides is 2. The van der Waals surface area contributed by atoms with Crippen LogP contribution in [0.2, 0.25) is 5.02 Å². The minimum Gasteiger partial charge on any atom is -0.456 e. The number of carbonyl (C=O) groups is 3. The van der Waals surface area contributed by atoms with Crippen molar-refractivity contribution in [1.82, 2.24) is 10.2 Å². The molecule has 2 amide bonds. The molecule has 0 aliphatic carbocycles. The van der Waals surface area contributed by atoms with Crippen LogP contribution in [0, 0.1) is 10.1 Å². The zero-order valence-corrected chi connectivity index (χ0v) is 19.2. The maximum Gasteiger partial charge on any atom is 0.306 e. The number of non-ortho nitro benzene ring substituents is 1. The smallest absolute Gasteiger partial charge is 0.306 e. The Morgan fingerprint density at radius 2 is 1.65 bits per heavy atom. The molecule has 34 heavy (non-hydrogen) atoms. The van der Waals surface area contributed by atoms with Gasteiger partial charge < -0.3 is 19.9 Å². The normalized spacial score (nSPS) is 13.3. The van der Waals surface area contributed by atoms with Crippen LogP contribution in [-0.4, -0.2) is 66.9 Å². The van der Waals surface area contributed by atoms with Crippen LogP contribution in [-0.2, 0) is 14.3 Å². The Morgan fingerprint density at radius 1 is 1.00 bits per heavy atom. The number of hydrogen-bond acceptors (Lipinski definition) is 7. The second-order valence-corrected chi connectivity index (χ2v) is 8.10. The lowest BCUT2D eigenvalue weighted by atomic mass is 10.2. The number of benzene rings is 2. The van der Waals surface area contributed by atoms with Crippen LogP contribution in [0.15, 0.2) is 48.5 Å². The van der Waals surface area contributed by atoms with E-state index in [-0.39, 0.29) is 30.5 Å². The molecule has 0 aromatic heterocycles. The summed E-state index contributed by atoms with van der Waals surface area (Å²) in [5.74, 6) is -1.03. The van der Waals surface area contributed by atoms with E-state index in [9.17, 15) is 24.5 Å². The number of ether oxygens (including phenoxy) is 1. The predicted molar refractivity (Wildman–Crippen MR) is 126 cm³/mol. The molecule has 10 nitrogen and oxygen atoms in total. The van der Waals surface area contributed by atoms with Crippen molar-refractivity contribution < 1.29 is 24.0 Å². The quantitative estimate of drug-likeness (QED) is 0.249. The molecule has 0 unspecified atom stereocenters. The second kappa shape index (κ2) is 12.0. The number of piperazine rings is 1. The first-order valence-electron chi connectivity index (χ1n) is 10.8. The van der Waals surface area contributed by atoms with E-state index < -0.39 is 10.9 Å². The molecule has 0 bridgehead atoms.